The van der Waals surface area contributed by atoms with Gasteiger partial charge in [0.25, 0.3) is 0 Å². The van der Waals surface area contributed by atoms with Gasteiger partial charge >= 0.3 is 5.97 Å². The Hall–Kier alpha value is -1.62. The number of rotatable bonds is 3. The van der Waals surface area contributed by atoms with Crippen LogP contribution in [0, 0.1) is 29.1 Å². The van der Waals surface area contributed by atoms with E-state index in [0.717, 1.165) is 12.3 Å². The third-order valence-electron chi connectivity index (χ3n) is 7.42. The normalized spacial score (nSPS) is 46.8. The Morgan fingerprint density at radius 3 is 2.92 bits per heavy atom. The SMILES string of the molecule is CC1(C)C2CC=C(CN3CC45C=CC(O4)C(C(=O)O)C5C3=O)[C@@H]1C2. The van der Waals surface area contributed by atoms with Crippen LogP contribution in [0.2, 0.25) is 0 Å². The third-order valence-corrected chi connectivity index (χ3v) is 7.42. The second-order valence-corrected chi connectivity index (χ2v) is 8.75. The van der Waals surface area contributed by atoms with Crippen molar-refractivity contribution in [3.63, 3.8) is 0 Å². The van der Waals surface area contributed by atoms with Crippen molar-refractivity contribution in [3.8, 4) is 0 Å². The molecule has 3 aliphatic heterocycles. The molecule has 128 valence electrons. The van der Waals surface area contributed by atoms with Gasteiger partial charge in [0.05, 0.1) is 18.6 Å². The van der Waals surface area contributed by atoms with Crippen molar-refractivity contribution in [2.24, 2.45) is 29.1 Å². The van der Waals surface area contributed by atoms with Crippen LogP contribution < -0.4 is 0 Å². The van der Waals surface area contributed by atoms with Gasteiger partial charge in [0, 0.05) is 6.54 Å². The monoisotopic (exact) mass is 329 g/mol. The fraction of sp³-hybridized carbons (Fsp3) is 0.684. The lowest BCUT2D eigenvalue weighted by atomic mass is 9.49. The van der Waals surface area contributed by atoms with Crippen LogP contribution in [0.4, 0.5) is 0 Å². The standard InChI is InChI=1S/C19H23NO4/c1-18(2)11-4-3-10(12(18)7-11)8-20-9-19-6-5-13(24-19)14(17(22)23)15(19)16(20)21/h3,5-6,11-15H,4,7-9H2,1-2H3,(H,22,23)/t11?,12-,13?,14?,15?,19?/m0/s1. The molecule has 6 rings (SSSR count). The number of amides is 1. The second-order valence-electron chi connectivity index (χ2n) is 8.75. The molecule has 0 aromatic rings. The summed E-state index contributed by atoms with van der Waals surface area (Å²) < 4.78 is 5.95. The van der Waals surface area contributed by atoms with Gasteiger partial charge in [-0.05, 0) is 30.1 Å². The van der Waals surface area contributed by atoms with Crippen LogP contribution in [0.3, 0.4) is 0 Å². The predicted octanol–water partition coefficient (Wildman–Crippen LogP) is 1.85. The first kappa shape index (κ1) is 14.7. The summed E-state index contributed by atoms with van der Waals surface area (Å²) in [6, 6.07) is 0. The van der Waals surface area contributed by atoms with Crippen molar-refractivity contribution in [2.45, 2.75) is 38.4 Å². The summed E-state index contributed by atoms with van der Waals surface area (Å²) in [5.41, 5.74) is 0.981. The van der Waals surface area contributed by atoms with E-state index in [0.29, 0.717) is 24.4 Å². The van der Waals surface area contributed by atoms with E-state index < -0.39 is 29.5 Å². The summed E-state index contributed by atoms with van der Waals surface area (Å²) >= 11 is 0. The minimum absolute atomic E-state index is 0.0468. The minimum atomic E-state index is -0.925. The second kappa shape index (κ2) is 4.31. The van der Waals surface area contributed by atoms with Gasteiger partial charge in [-0.3, -0.25) is 9.59 Å². The van der Waals surface area contributed by atoms with Crippen molar-refractivity contribution in [1.82, 2.24) is 4.90 Å². The van der Waals surface area contributed by atoms with Gasteiger partial charge in [-0.25, -0.2) is 0 Å². The maximum atomic E-state index is 13.0. The molecule has 4 bridgehead atoms. The fourth-order valence-corrected chi connectivity index (χ4v) is 5.87. The quantitative estimate of drug-likeness (QED) is 0.803. The zero-order chi connectivity index (χ0) is 16.9. The van der Waals surface area contributed by atoms with Gasteiger partial charge in [0.1, 0.15) is 11.5 Å². The van der Waals surface area contributed by atoms with Crippen LogP contribution >= 0.6 is 0 Å². The van der Waals surface area contributed by atoms with Crippen molar-refractivity contribution in [1.29, 1.82) is 0 Å². The average Bonchev–Trinajstić information content (AvgIpc) is 3.16. The van der Waals surface area contributed by atoms with E-state index in [4.69, 9.17) is 4.74 Å². The lowest BCUT2D eigenvalue weighted by Gasteiger charge is -2.56. The molecule has 6 aliphatic rings. The van der Waals surface area contributed by atoms with Crippen molar-refractivity contribution in [3.05, 3.63) is 23.8 Å². The molecule has 3 heterocycles. The van der Waals surface area contributed by atoms with Gasteiger partial charge in [-0.15, -0.1) is 0 Å². The summed E-state index contributed by atoms with van der Waals surface area (Å²) in [5, 5.41) is 9.53. The lowest BCUT2D eigenvalue weighted by molar-refractivity contribution is -0.148. The van der Waals surface area contributed by atoms with Crippen LogP contribution in [-0.2, 0) is 14.3 Å². The Bertz CT molecular complexity index is 708. The first-order valence-electron chi connectivity index (χ1n) is 8.91. The van der Waals surface area contributed by atoms with Crippen LogP contribution in [0.15, 0.2) is 23.8 Å². The Labute approximate surface area is 141 Å². The van der Waals surface area contributed by atoms with E-state index in [9.17, 15) is 14.7 Å². The van der Waals surface area contributed by atoms with E-state index in [1.807, 2.05) is 17.1 Å². The molecule has 5 unspecified atom stereocenters. The molecule has 6 atom stereocenters. The number of hydrogen-bond donors (Lipinski definition) is 1. The Morgan fingerprint density at radius 2 is 2.25 bits per heavy atom. The number of carboxylic acid groups (broad SMARTS) is 1. The van der Waals surface area contributed by atoms with E-state index >= 15 is 0 Å². The number of ether oxygens (including phenoxy) is 1. The van der Waals surface area contributed by atoms with Crippen molar-refractivity contribution >= 4 is 11.9 Å². The van der Waals surface area contributed by atoms with Gasteiger partial charge in [-0.1, -0.05) is 37.6 Å². The van der Waals surface area contributed by atoms with E-state index in [1.165, 1.54) is 12.0 Å². The minimum Gasteiger partial charge on any atom is -0.481 e. The number of carbonyl (C=O) groups is 2. The Kier molecular flexibility index (Phi) is 2.64. The Morgan fingerprint density at radius 1 is 1.46 bits per heavy atom. The zero-order valence-corrected chi connectivity index (χ0v) is 14.1. The summed E-state index contributed by atoms with van der Waals surface area (Å²) in [7, 11) is 0. The molecule has 24 heavy (non-hydrogen) atoms. The van der Waals surface area contributed by atoms with E-state index in [-0.39, 0.29) is 5.91 Å². The Balaban J connectivity index is 1.40. The first-order valence-corrected chi connectivity index (χ1v) is 8.91. The molecule has 1 amide bonds. The van der Waals surface area contributed by atoms with Gasteiger partial charge in [-0.2, -0.15) is 0 Å². The number of fused-ring (bicyclic) bond motifs is 2. The van der Waals surface area contributed by atoms with Gasteiger partial charge < -0.3 is 14.7 Å². The number of aliphatic carboxylic acids is 1. The maximum Gasteiger partial charge on any atom is 0.310 e. The number of carbonyl (C=O) groups excluding carboxylic acids is 1. The maximum absolute atomic E-state index is 13.0. The smallest absolute Gasteiger partial charge is 0.310 e. The lowest BCUT2D eigenvalue weighted by Crippen LogP contribution is -2.50. The highest BCUT2D eigenvalue weighted by Crippen LogP contribution is 2.60. The van der Waals surface area contributed by atoms with Crippen molar-refractivity contribution < 1.29 is 19.4 Å². The number of carboxylic acids is 1. The molecule has 1 spiro atoms. The highest BCUT2D eigenvalue weighted by molar-refractivity contribution is 5.90. The molecule has 2 saturated heterocycles. The molecule has 5 heteroatoms. The summed E-state index contributed by atoms with van der Waals surface area (Å²) in [6.07, 6.45) is 7.95. The van der Waals surface area contributed by atoms with Gasteiger partial charge in [0.2, 0.25) is 5.91 Å². The predicted molar refractivity (Wildman–Crippen MR) is 86.0 cm³/mol. The zero-order valence-electron chi connectivity index (χ0n) is 14.1. The number of nitrogens with zero attached hydrogens (tertiary/aromatic N) is 1. The third kappa shape index (κ3) is 1.59. The first-order chi connectivity index (χ1) is 11.3. The van der Waals surface area contributed by atoms with E-state index in [1.54, 1.807) is 0 Å². The fourth-order valence-electron chi connectivity index (χ4n) is 5.87. The summed E-state index contributed by atoms with van der Waals surface area (Å²) in [4.78, 5) is 26.4. The summed E-state index contributed by atoms with van der Waals surface area (Å²) in [5.74, 6) is -0.934. The van der Waals surface area contributed by atoms with Crippen LogP contribution in [0.1, 0.15) is 26.7 Å². The molecule has 3 aliphatic carbocycles. The topological polar surface area (TPSA) is 66.8 Å². The molecule has 0 aromatic heterocycles. The van der Waals surface area contributed by atoms with E-state index in [2.05, 4.69) is 19.9 Å². The number of allylic oxidation sites excluding steroid dienone is 1. The average molecular weight is 329 g/mol. The largest absolute Gasteiger partial charge is 0.481 e. The molecule has 3 fully saturated rings. The highest BCUT2D eigenvalue weighted by atomic mass is 16.5. The summed E-state index contributed by atoms with van der Waals surface area (Å²) in [6.45, 7) is 5.77. The van der Waals surface area contributed by atoms with Gasteiger partial charge in [0.15, 0.2) is 0 Å². The molecular weight excluding hydrogens is 306 g/mol. The molecular formula is C19H23NO4. The molecule has 0 radical (unpaired) electrons. The molecule has 5 nitrogen and oxygen atoms in total. The van der Waals surface area contributed by atoms with Crippen LogP contribution in [0.5, 0.6) is 0 Å². The number of hydrogen-bond acceptors (Lipinski definition) is 3. The van der Waals surface area contributed by atoms with Crippen LogP contribution in [-0.4, -0.2) is 46.7 Å². The molecule has 1 saturated carbocycles. The molecule has 0 aromatic carbocycles. The van der Waals surface area contributed by atoms with Crippen LogP contribution in [0.25, 0.3) is 0 Å². The van der Waals surface area contributed by atoms with Crippen molar-refractivity contribution in [2.75, 3.05) is 13.1 Å². The highest BCUT2D eigenvalue weighted by Gasteiger charge is 2.67. The number of likely N-dealkylation sites (tertiary alicyclic amines) is 1. The molecule has 1 N–H and O–H groups in total.